The molecule has 0 saturated carbocycles. The van der Waals surface area contributed by atoms with Crippen molar-refractivity contribution >= 4 is 29.5 Å². The fourth-order valence-electron chi connectivity index (χ4n) is 3.32. The van der Waals surface area contributed by atoms with Crippen LogP contribution in [0.1, 0.15) is 44.8 Å². The van der Waals surface area contributed by atoms with Gasteiger partial charge in [-0.05, 0) is 32.2 Å². The van der Waals surface area contributed by atoms with Gasteiger partial charge in [-0.1, -0.05) is 18.5 Å². The van der Waals surface area contributed by atoms with Gasteiger partial charge in [-0.3, -0.25) is 9.29 Å². The maximum Gasteiger partial charge on any atom is 0.245 e. The molecule has 0 amide bonds. The van der Waals surface area contributed by atoms with Gasteiger partial charge in [-0.25, -0.2) is 9.97 Å². The number of nitrogens with one attached hydrogen (secondary N) is 1. The first-order valence-corrected chi connectivity index (χ1v) is 12.6. The molecule has 0 aliphatic carbocycles. The van der Waals surface area contributed by atoms with E-state index in [-0.39, 0.29) is 17.3 Å². The number of aliphatic hydroxyl groups is 1. The molecule has 2 N–H and O–H groups in total. The molecule has 1 fully saturated rings. The summed E-state index contributed by atoms with van der Waals surface area (Å²) in [4.78, 5) is 17.0. The molecule has 12 nitrogen and oxygen atoms in total. The smallest absolute Gasteiger partial charge is 0.245 e. The second-order valence-corrected chi connectivity index (χ2v) is 9.85. The number of hydrogen-bond acceptors (Lipinski definition) is 12. The zero-order valence-corrected chi connectivity index (χ0v) is 22.5. The van der Waals surface area contributed by atoms with E-state index >= 15 is 0 Å². The third-order valence-corrected chi connectivity index (χ3v) is 5.91. The Labute approximate surface area is 219 Å². The van der Waals surface area contributed by atoms with Crippen molar-refractivity contribution in [2.75, 3.05) is 32.2 Å². The van der Waals surface area contributed by atoms with Gasteiger partial charge in [-0.15, -0.1) is 10.2 Å². The van der Waals surface area contributed by atoms with Crippen LogP contribution in [-0.2, 0) is 11.2 Å². The predicted molar refractivity (Wildman–Crippen MR) is 137 cm³/mol. The van der Waals surface area contributed by atoms with Gasteiger partial charge in [-0.2, -0.15) is 9.97 Å². The van der Waals surface area contributed by atoms with E-state index in [1.54, 1.807) is 40.5 Å². The highest BCUT2D eigenvalue weighted by Crippen LogP contribution is 2.36. The molecule has 0 spiro atoms. The Morgan fingerprint density at radius 3 is 2.33 bits per heavy atom. The summed E-state index contributed by atoms with van der Waals surface area (Å²) in [6, 6.07) is 0. The highest BCUT2D eigenvalue weighted by Gasteiger charge is 2.30. The van der Waals surface area contributed by atoms with Gasteiger partial charge >= 0.3 is 0 Å². The molecule has 2 unspecified atom stereocenters. The first-order chi connectivity index (χ1) is 17.3. The highest BCUT2D eigenvalue weighted by atomic mass is 35.5. The Hall–Kier alpha value is -2.74. The number of anilines is 1. The summed E-state index contributed by atoms with van der Waals surface area (Å²) in [5.41, 5.74) is 0.529. The van der Waals surface area contributed by atoms with Crippen LogP contribution in [0.5, 0.6) is 11.8 Å². The van der Waals surface area contributed by atoms with Crippen molar-refractivity contribution < 1.29 is 19.3 Å². The van der Waals surface area contributed by atoms with Gasteiger partial charge < -0.3 is 19.3 Å². The van der Waals surface area contributed by atoms with Gasteiger partial charge in [0.15, 0.2) is 5.69 Å². The van der Waals surface area contributed by atoms with Crippen molar-refractivity contribution in [1.29, 1.82) is 0 Å². The normalized spacial score (nSPS) is 15.8. The van der Waals surface area contributed by atoms with E-state index in [1.165, 1.54) is 18.3 Å². The van der Waals surface area contributed by atoms with E-state index in [2.05, 4.69) is 41.8 Å². The lowest BCUT2D eigenvalue weighted by molar-refractivity contribution is 0.193. The number of rotatable bonds is 9. The number of ether oxygens (including phenoxy) is 3. The first kappa shape index (κ1) is 27.8. The van der Waals surface area contributed by atoms with Crippen LogP contribution in [0.15, 0.2) is 18.7 Å². The molecule has 2 atom stereocenters. The van der Waals surface area contributed by atoms with Gasteiger partial charge in [0.1, 0.15) is 18.0 Å². The average Bonchev–Trinajstić information content (AvgIpc) is 3.53. The third-order valence-electron chi connectivity index (χ3n) is 4.84. The molecule has 4 rings (SSSR count). The zero-order valence-electron chi connectivity index (χ0n) is 20.9. The molecule has 1 aliphatic heterocycles. The minimum Gasteiger partial charge on any atom is -0.479 e. The first-order valence-electron chi connectivity index (χ1n) is 11.4. The summed E-state index contributed by atoms with van der Waals surface area (Å²) in [6.45, 7) is 6.75. The van der Waals surface area contributed by atoms with E-state index in [0.717, 1.165) is 12.2 Å². The minimum absolute atomic E-state index is 0.0811. The number of halogens is 1. The van der Waals surface area contributed by atoms with E-state index in [4.69, 9.17) is 30.9 Å². The maximum atomic E-state index is 8.06. The molecular formula is C22H31ClN8O4S. The van der Waals surface area contributed by atoms with Crippen LogP contribution < -0.4 is 14.2 Å². The van der Waals surface area contributed by atoms with E-state index in [9.17, 15) is 0 Å². The van der Waals surface area contributed by atoms with Crippen LogP contribution in [0.25, 0.3) is 5.69 Å². The SMILES string of the molecule is CC(C)O.COc1ncnc(OC)c1-n1c(NSC(C)Cc2ncc(Cl)cn2)nnc1C1CCOC1. The molecule has 1 saturated heterocycles. The summed E-state index contributed by atoms with van der Waals surface area (Å²) in [5, 5.41) is 17.5. The van der Waals surface area contributed by atoms with Crippen LogP contribution >= 0.6 is 23.5 Å². The standard InChI is InChI=1S/C19H23ClN8O3S.C3H8O/c1-11(6-14-21-7-13(20)8-22-14)32-27-19-26-25-16(12-4-5-31-9-12)28(19)15-17(29-2)23-10-24-18(15)30-3;1-3(2)4/h7-8,10-12H,4-6,9H2,1-3H3,(H,26,27);3-4H,1-2H3. The van der Waals surface area contributed by atoms with E-state index in [1.807, 2.05) is 4.57 Å². The van der Waals surface area contributed by atoms with Gasteiger partial charge in [0, 0.05) is 42.7 Å². The predicted octanol–water partition coefficient (Wildman–Crippen LogP) is 3.10. The summed E-state index contributed by atoms with van der Waals surface area (Å²) in [6.07, 6.45) is 5.89. The number of hydrogen-bond donors (Lipinski definition) is 2. The second-order valence-electron chi connectivity index (χ2n) is 8.16. The Morgan fingerprint density at radius 2 is 1.78 bits per heavy atom. The number of aliphatic hydroxyl groups excluding tert-OH is 1. The summed E-state index contributed by atoms with van der Waals surface area (Å²) < 4.78 is 21.7. The Bertz CT molecular complexity index is 1070. The van der Waals surface area contributed by atoms with Gasteiger partial charge in [0.25, 0.3) is 0 Å². The van der Waals surface area contributed by atoms with Gasteiger partial charge in [0.2, 0.25) is 17.7 Å². The van der Waals surface area contributed by atoms with Crippen LogP contribution in [0.3, 0.4) is 0 Å². The van der Waals surface area contributed by atoms with Crippen LogP contribution in [0, 0.1) is 0 Å². The molecule has 4 heterocycles. The van der Waals surface area contributed by atoms with Gasteiger partial charge in [0.05, 0.1) is 25.8 Å². The fourth-order valence-corrected chi connectivity index (χ4v) is 4.09. The molecule has 0 radical (unpaired) electrons. The molecule has 1 aliphatic rings. The van der Waals surface area contributed by atoms with Crippen LogP contribution in [-0.4, -0.2) is 78.6 Å². The summed E-state index contributed by atoms with van der Waals surface area (Å²) in [5.74, 6) is 2.73. The fraction of sp³-hybridized carbons (Fsp3) is 0.545. The monoisotopic (exact) mass is 538 g/mol. The lowest BCUT2D eigenvalue weighted by atomic mass is 10.1. The molecule has 14 heteroatoms. The van der Waals surface area contributed by atoms with Crippen molar-refractivity contribution in [3.05, 3.63) is 35.4 Å². The summed E-state index contributed by atoms with van der Waals surface area (Å²) >= 11 is 7.35. The van der Waals surface area contributed by atoms with Crippen molar-refractivity contribution in [1.82, 2.24) is 34.7 Å². The largest absolute Gasteiger partial charge is 0.479 e. The van der Waals surface area contributed by atoms with Crippen LogP contribution in [0.4, 0.5) is 5.95 Å². The molecular weight excluding hydrogens is 508 g/mol. The Kier molecular flexibility index (Phi) is 10.5. The van der Waals surface area contributed by atoms with Crippen LogP contribution in [0.2, 0.25) is 5.02 Å². The highest BCUT2D eigenvalue weighted by molar-refractivity contribution is 8.01. The molecule has 0 aromatic carbocycles. The summed E-state index contributed by atoms with van der Waals surface area (Å²) in [7, 11) is 3.09. The third kappa shape index (κ3) is 7.38. The van der Waals surface area contributed by atoms with Crippen molar-refractivity contribution in [2.45, 2.75) is 50.9 Å². The van der Waals surface area contributed by atoms with E-state index in [0.29, 0.717) is 53.9 Å². The zero-order chi connectivity index (χ0) is 26.1. The van der Waals surface area contributed by atoms with Crippen molar-refractivity contribution in [2.24, 2.45) is 0 Å². The molecule has 0 bridgehead atoms. The lowest BCUT2D eigenvalue weighted by Crippen LogP contribution is -2.14. The van der Waals surface area contributed by atoms with E-state index < -0.39 is 0 Å². The lowest BCUT2D eigenvalue weighted by Gasteiger charge is -2.18. The maximum absolute atomic E-state index is 8.06. The topological polar surface area (TPSA) is 142 Å². The quantitative estimate of drug-likeness (QED) is 0.386. The van der Waals surface area contributed by atoms with Crippen molar-refractivity contribution in [3.8, 4) is 17.4 Å². The Morgan fingerprint density at radius 1 is 1.14 bits per heavy atom. The number of nitrogens with zero attached hydrogens (tertiary/aromatic N) is 7. The molecule has 3 aromatic heterocycles. The number of methoxy groups -OCH3 is 2. The second kappa shape index (κ2) is 13.5. The molecule has 36 heavy (non-hydrogen) atoms. The number of aromatic nitrogens is 7. The average molecular weight is 539 g/mol. The van der Waals surface area contributed by atoms with Crippen molar-refractivity contribution in [3.63, 3.8) is 0 Å². The Balaban J connectivity index is 0.000000840. The minimum atomic E-state index is -0.167. The molecule has 3 aromatic rings. The molecule has 196 valence electrons.